The van der Waals surface area contributed by atoms with Crippen molar-refractivity contribution in [3.8, 4) is 0 Å². The third-order valence-electron chi connectivity index (χ3n) is 3.07. The molecule has 1 atom stereocenters. The van der Waals surface area contributed by atoms with Gasteiger partial charge in [0.25, 0.3) is 0 Å². The molecule has 0 bridgehead atoms. The summed E-state index contributed by atoms with van der Waals surface area (Å²) in [6.07, 6.45) is 0.228. The molecule has 0 spiro atoms. The molecule has 4 nitrogen and oxygen atoms in total. The predicted molar refractivity (Wildman–Crippen MR) is 78.2 cm³/mol. The van der Waals surface area contributed by atoms with E-state index in [0.717, 1.165) is 10.5 Å². The van der Waals surface area contributed by atoms with Crippen molar-refractivity contribution in [3.05, 3.63) is 41.5 Å². The van der Waals surface area contributed by atoms with Crippen molar-refractivity contribution >= 4 is 28.6 Å². The quantitative estimate of drug-likeness (QED) is 0.865. The fourth-order valence-electron chi connectivity index (χ4n) is 2.11. The average Bonchev–Trinajstić information content (AvgIpc) is 2.47. The van der Waals surface area contributed by atoms with Gasteiger partial charge in [0.1, 0.15) is 0 Å². The minimum atomic E-state index is -0.967. The van der Waals surface area contributed by atoms with Crippen LogP contribution in [0.1, 0.15) is 18.9 Å². The first-order chi connectivity index (χ1) is 9.63. The number of ether oxygens (including phenoxy) is 1. The number of carbonyl (C=O) groups excluding carboxylic acids is 1. The van der Waals surface area contributed by atoms with Crippen LogP contribution >= 0.6 is 11.8 Å². The second-order valence-corrected chi connectivity index (χ2v) is 5.47. The van der Waals surface area contributed by atoms with Gasteiger partial charge in [-0.25, -0.2) is 4.79 Å². The molecule has 1 aromatic carbocycles. The highest BCUT2D eigenvalue weighted by Crippen LogP contribution is 2.40. The molecule has 0 saturated heterocycles. The van der Waals surface area contributed by atoms with Gasteiger partial charge in [-0.15, -0.1) is 11.8 Å². The molecule has 0 unspecified atom stereocenters. The first-order valence-corrected chi connectivity index (χ1v) is 7.43. The normalized spacial score (nSPS) is 18.8. The van der Waals surface area contributed by atoms with Crippen LogP contribution in [0, 0.1) is 5.92 Å². The predicted octanol–water partition coefficient (Wildman–Crippen LogP) is 2.80. The van der Waals surface area contributed by atoms with Crippen molar-refractivity contribution in [1.82, 2.24) is 0 Å². The van der Waals surface area contributed by atoms with Crippen LogP contribution in [0.15, 0.2) is 35.9 Å². The summed E-state index contributed by atoms with van der Waals surface area (Å²) >= 11 is 1.41. The van der Waals surface area contributed by atoms with Crippen molar-refractivity contribution in [2.75, 3.05) is 12.4 Å². The molecule has 1 aromatic rings. The van der Waals surface area contributed by atoms with Crippen LogP contribution in [-0.2, 0) is 14.3 Å². The van der Waals surface area contributed by atoms with Crippen molar-refractivity contribution in [2.45, 2.75) is 13.3 Å². The molecule has 5 heteroatoms. The number of thioether (sulfide) groups is 1. The smallest absolute Gasteiger partial charge is 0.332 e. The van der Waals surface area contributed by atoms with Crippen LogP contribution in [-0.4, -0.2) is 29.4 Å². The lowest BCUT2D eigenvalue weighted by atomic mass is 9.98. The van der Waals surface area contributed by atoms with E-state index in [1.807, 2.05) is 30.3 Å². The van der Waals surface area contributed by atoms with Gasteiger partial charge in [0, 0.05) is 10.7 Å². The molecule has 20 heavy (non-hydrogen) atoms. The van der Waals surface area contributed by atoms with Crippen molar-refractivity contribution in [3.63, 3.8) is 0 Å². The van der Waals surface area contributed by atoms with Gasteiger partial charge in [-0.1, -0.05) is 30.3 Å². The molecule has 2 rings (SSSR count). The SMILES string of the molecule is CCOC(=O)[C@@H]1CSC(c2ccccc2)=C(C(=O)O)C1. The minimum Gasteiger partial charge on any atom is -0.478 e. The van der Waals surface area contributed by atoms with Crippen molar-refractivity contribution in [2.24, 2.45) is 5.92 Å². The van der Waals surface area contributed by atoms with Crippen LogP contribution in [0.3, 0.4) is 0 Å². The van der Waals surface area contributed by atoms with Crippen molar-refractivity contribution in [1.29, 1.82) is 0 Å². The number of carboxylic acids is 1. The molecular formula is C15H16O4S. The largest absolute Gasteiger partial charge is 0.478 e. The number of hydrogen-bond acceptors (Lipinski definition) is 4. The Morgan fingerprint density at radius 3 is 2.65 bits per heavy atom. The van der Waals surface area contributed by atoms with E-state index < -0.39 is 5.97 Å². The number of aliphatic carboxylic acids is 1. The van der Waals surface area contributed by atoms with Gasteiger partial charge in [-0.2, -0.15) is 0 Å². The zero-order valence-corrected chi connectivity index (χ0v) is 12.0. The summed E-state index contributed by atoms with van der Waals surface area (Å²) in [4.78, 5) is 23.9. The van der Waals surface area contributed by atoms with Crippen LogP contribution in [0.25, 0.3) is 4.91 Å². The van der Waals surface area contributed by atoms with Gasteiger partial charge in [-0.3, -0.25) is 4.79 Å². The molecule has 0 aromatic heterocycles. The maximum absolute atomic E-state index is 11.8. The molecule has 0 saturated carbocycles. The second-order valence-electron chi connectivity index (χ2n) is 4.44. The molecule has 0 radical (unpaired) electrons. The van der Waals surface area contributed by atoms with E-state index in [-0.39, 0.29) is 18.3 Å². The van der Waals surface area contributed by atoms with Crippen LogP contribution < -0.4 is 0 Å². The van der Waals surface area contributed by atoms with E-state index in [0.29, 0.717) is 17.9 Å². The third-order valence-corrected chi connectivity index (χ3v) is 4.41. The number of esters is 1. The lowest BCUT2D eigenvalue weighted by Crippen LogP contribution is -2.25. The highest BCUT2D eigenvalue weighted by atomic mass is 32.2. The van der Waals surface area contributed by atoms with Gasteiger partial charge in [0.05, 0.1) is 18.1 Å². The maximum Gasteiger partial charge on any atom is 0.332 e. The first kappa shape index (κ1) is 14.7. The molecular weight excluding hydrogens is 276 g/mol. The lowest BCUT2D eigenvalue weighted by Gasteiger charge is -2.23. The van der Waals surface area contributed by atoms with Gasteiger partial charge in [0.15, 0.2) is 0 Å². The Balaban J connectivity index is 2.28. The van der Waals surface area contributed by atoms with E-state index >= 15 is 0 Å². The molecule has 0 fully saturated rings. The Morgan fingerprint density at radius 2 is 2.05 bits per heavy atom. The molecule has 1 N–H and O–H groups in total. The third kappa shape index (κ3) is 3.22. The van der Waals surface area contributed by atoms with Crippen LogP contribution in [0.5, 0.6) is 0 Å². The van der Waals surface area contributed by atoms with Crippen LogP contribution in [0.2, 0.25) is 0 Å². The summed E-state index contributed by atoms with van der Waals surface area (Å²) < 4.78 is 4.98. The minimum absolute atomic E-state index is 0.228. The zero-order valence-electron chi connectivity index (χ0n) is 11.2. The summed E-state index contributed by atoms with van der Waals surface area (Å²) in [5.74, 6) is -1.10. The number of hydrogen-bond donors (Lipinski definition) is 1. The number of carboxylic acid groups (broad SMARTS) is 1. The van der Waals surface area contributed by atoms with Gasteiger partial charge in [-0.05, 0) is 18.9 Å². The van der Waals surface area contributed by atoms with Gasteiger partial charge in [0.2, 0.25) is 0 Å². The number of rotatable bonds is 4. The molecule has 1 aliphatic rings. The molecule has 0 amide bonds. The van der Waals surface area contributed by atoms with E-state index in [1.165, 1.54) is 11.8 Å². The summed E-state index contributed by atoms with van der Waals surface area (Å²) in [5.41, 5.74) is 1.18. The average molecular weight is 292 g/mol. The summed E-state index contributed by atoms with van der Waals surface area (Å²) in [6, 6.07) is 9.41. The van der Waals surface area contributed by atoms with Crippen molar-refractivity contribution < 1.29 is 19.4 Å². The first-order valence-electron chi connectivity index (χ1n) is 6.44. The fraction of sp³-hybridized carbons (Fsp3) is 0.333. The highest BCUT2D eigenvalue weighted by molar-refractivity contribution is 8.08. The Kier molecular flexibility index (Phi) is 4.84. The lowest BCUT2D eigenvalue weighted by molar-refractivity contribution is -0.147. The van der Waals surface area contributed by atoms with Gasteiger partial charge >= 0.3 is 11.9 Å². The van der Waals surface area contributed by atoms with E-state index in [2.05, 4.69) is 0 Å². The van der Waals surface area contributed by atoms with Gasteiger partial charge < -0.3 is 9.84 Å². The highest BCUT2D eigenvalue weighted by Gasteiger charge is 2.31. The van der Waals surface area contributed by atoms with E-state index in [1.54, 1.807) is 6.92 Å². The Morgan fingerprint density at radius 1 is 1.35 bits per heavy atom. The molecule has 106 valence electrons. The van der Waals surface area contributed by atoms with Crippen LogP contribution in [0.4, 0.5) is 0 Å². The fourth-order valence-corrected chi connectivity index (χ4v) is 3.38. The summed E-state index contributed by atoms with van der Waals surface area (Å²) in [7, 11) is 0. The van der Waals surface area contributed by atoms with E-state index in [4.69, 9.17) is 4.74 Å². The summed E-state index contributed by atoms with van der Waals surface area (Å²) in [5, 5.41) is 9.38. The second kappa shape index (κ2) is 6.61. The topological polar surface area (TPSA) is 63.6 Å². The Labute approximate surface area is 121 Å². The Hall–Kier alpha value is -1.75. The zero-order chi connectivity index (χ0) is 14.5. The van der Waals surface area contributed by atoms with E-state index in [9.17, 15) is 14.7 Å². The summed E-state index contributed by atoms with van der Waals surface area (Å²) in [6.45, 7) is 2.06. The molecule has 1 aliphatic heterocycles. The molecule has 1 heterocycles. The number of carbonyl (C=O) groups is 2. The Bertz CT molecular complexity index is 536. The monoisotopic (exact) mass is 292 g/mol. The molecule has 0 aliphatic carbocycles. The maximum atomic E-state index is 11.8. The standard InChI is InChI=1S/C15H16O4S/c1-2-19-15(18)11-8-12(14(16)17)13(20-9-11)10-6-4-3-5-7-10/h3-7,11H,2,8-9H2,1H3,(H,16,17)/t11-/m0/s1. The number of benzene rings is 1.